The summed E-state index contributed by atoms with van der Waals surface area (Å²) in [6, 6.07) is 0. The van der Waals surface area contributed by atoms with Gasteiger partial charge >= 0.3 is 5.97 Å². The molecule has 5 N–H and O–H groups in total. The lowest BCUT2D eigenvalue weighted by Gasteiger charge is -2.12. The van der Waals surface area contributed by atoms with Gasteiger partial charge in [0.1, 0.15) is 0 Å². The molecule has 0 spiro atoms. The quantitative estimate of drug-likeness (QED) is 0.476. The van der Waals surface area contributed by atoms with Crippen LogP contribution in [0.2, 0.25) is 0 Å². The third-order valence-corrected chi connectivity index (χ3v) is 1.47. The summed E-state index contributed by atoms with van der Waals surface area (Å²) in [5, 5.41) is 8.26. The molecule has 1 unspecified atom stereocenters. The molecule has 0 aliphatic heterocycles. The third kappa shape index (κ3) is 4.29. The number of hydrogen-bond donors (Lipinski definition) is 3. The van der Waals surface area contributed by atoms with Crippen LogP contribution in [0.4, 0.5) is 0 Å². The van der Waals surface area contributed by atoms with E-state index in [9.17, 15) is 4.79 Å². The summed E-state index contributed by atoms with van der Waals surface area (Å²) in [5.41, 5.74) is 10.6. The summed E-state index contributed by atoms with van der Waals surface area (Å²) >= 11 is 0. The monoisotopic (exact) mass is 146 g/mol. The van der Waals surface area contributed by atoms with Gasteiger partial charge in [-0.15, -0.1) is 0 Å². The van der Waals surface area contributed by atoms with Gasteiger partial charge in [-0.3, -0.25) is 4.79 Å². The van der Waals surface area contributed by atoms with Gasteiger partial charge in [0.05, 0.1) is 6.17 Å². The Morgan fingerprint density at radius 1 is 1.60 bits per heavy atom. The first-order valence-electron chi connectivity index (χ1n) is 3.27. The molecule has 60 valence electrons. The normalized spacial score (nSPS) is 13.6. The van der Waals surface area contributed by atoms with Gasteiger partial charge in [-0.25, -0.2) is 0 Å². The number of nitrogens with two attached hydrogens (primary N) is 2. The Morgan fingerprint density at radius 2 is 2.10 bits per heavy atom. The molecule has 0 amide bonds. The number of carbonyl (C=O) groups is 1. The lowest BCUT2D eigenvalue weighted by molar-refractivity contribution is -0.137. The molecule has 4 heteroatoms. The summed E-state index contributed by atoms with van der Waals surface area (Å²) in [7, 11) is 0. The highest BCUT2D eigenvalue weighted by Gasteiger charge is 2.08. The van der Waals surface area contributed by atoms with Gasteiger partial charge in [0.2, 0.25) is 0 Å². The maximum absolute atomic E-state index is 10.0. The van der Waals surface area contributed by atoms with Gasteiger partial charge in [0, 0.05) is 6.42 Å². The number of rotatable bonds is 4. The third-order valence-electron chi connectivity index (χ3n) is 1.47. The predicted molar refractivity (Wildman–Crippen MR) is 38.2 cm³/mol. The average molecular weight is 146 g/mol. The first kappa shape index (κ1) is 9.39. The minimum Gasteiger partial charge on any atom is -0.481 e. The molecule has 0 heterocycles. The smallest absolute Gasteiger partial charge is 0.303 e. The number of carboxylic acids is 1. The van der Waals surface area contributed by atoms with Crippen molar-refractivity contribution in [3.05, 3.63) is 0 Å². The van der Waals surface area contributed by atoms with Gasteiger partial charge in [-0.2, -0.15) is 0 Å². The summed E-state index contributed by atoms with van der Waals surface area (Å²) < 4.78 is 0. The largest absolute Gasteiger partial charge is 0.481 e. The fraction of sp³-hybridized carbons (Fsp3) is 0.833. The Bertz CT molecular complexity index is 114. The van der Waals surface area contributed by atoms with E-state index in [1.165, 1.54) is 0 Å². The molecule has 0 rings (SSSR count). The highest BCUT2D eigenvalue weighted by atomic mass is 16.4. The van der Waals surface area contributed by atoms with E-state index in [2.05, 4.69) is 0 Å². The van der Waals surface area contributed by atoms with Crippen LogP contribution in [0.25, 0.3) is 0 Å². The van der Waals surface area contributed by atoms with Crippen molar-refractivity contribution in [1.29, 1.82) is 0 Å². The van der Waals surface area contributed by atoms with Crippen molar-refractivity contribution in [3.8, 4) is 0 Å². The molecule has 0 fully saturated rings. The van der Waals surface area contributed by atoms with Crippen LogP contribution in [-0.4, -0.2) is 17.2 Å². The molecule has 0 aromatic heterocycles. The van der Waals surface area contributed by atoms with E-state index in [-0.39, 0.29) is 12.3 Å². The highest BCUT2D eigenvalue weighted by molar-refractivity contribution is 5.66. The molecule has 0 aromatic carbocycles. The van der Waals surface area contributed by atoms with Crippen LogP contribution in [0.1, 0.15) is 19.8 Å². The second-order valence-corrected chi connectivity index (χ2v) is 2.49. The van der Waals surface area contributed by atoms with Crippen molar-refractivity contribution in [2.45, 2.75) is 25.9 Å². The van der Waals surface area contributed by atoms with Crippen LogP contribution in [-0.2, 0) is 4.79 Å². The Labute approximate surface area is 60.2 Å². The minimum absolute atomic E-state index is 0.0797. The summed E-state index contributed by atoms with van der Waals surface area (Å²) in [6.45, 7) is 1.84. The van der Waals surface area contributed by atoms with Crippen LogP contribution in [0.3, 0.4) is 0 Å². The minimum atomic E-state index is -0.799. The second kappa shape index (κ2) is 4.24. The first-order chi connectivity index (χ1) is 4.54. The zero-order valence-corrected chi connectivity index (χ0v) is 6.08. The fourth-order valence-electron chi connectivity index (χ4n) is 0.544. The summed E-state index contributed by atoms with van der Waals surface area (Å²) in [4.78, 5) is 10.0. The van der Waals surface area contributed by atoms with E-state index in [1.807, 2.05) is 6.92 Å². The molecule has 0 aliphatic rings. The molecule has 1 atom stereocenters. The zero-order chi connectivity index (χ0) is 8.15. The van der Waals surface area contributed by atoms with Crippen molar-refractivity contribution in [2.75, 3.05) is 0 Å². The summed E-state index contributed by atoms with van der Waals surface area (Å²) in [5.74, 6) is -0.719. The molecular weight excluding hydrogens is 132 g/mol. The molecule has 0 aliphatic carbocycles. The van der Waals surface area contributed by atoms with Gasteiger partial charge < -0.3 is 16.6 Å². The zero-order valence-electron chi connectivity index (χ0n) is 6.08. The van der Waals surface area contributed by atoms with Crippen LogP contribution >= 0.6 is 0 Å². The molecule has 0 bridgehead atoms. The molecule has 4 nitrogen and oxygen atoms in total. The van der Waals surface area contributed by atoms with Gasteiger partial charge in [0.25, 0.3) is 0 Å². The molecule has 10 heavy (non-hydrogen) atoms. The van der Waals surface area contributed by atoms with E-state index in [4.69, 9.17) is 16.6 Å². The Balaban J connectivity index is 3.39. The average Bonchev–Trinajstić information content (AvgIpc) is 1.82. The molecular formula is C6H14N2O2. The highest BCUT2D eigenvalue weighted by Crippen LogP contribution is 2.05. The second-order valence-electron chi connectivity index (χ2n) is 2.49. The van der Waals surface area contributed by atoms with Gasteiger partial charge in [-0.1, -0.05) is 6.92 Å². The fourth-order valence-corrected chi connectivity index (χ4v) is 0.544. The van der Waals surface area contributed by atoms with Crippen molar-refractivity contribution in [2.24, 2.45) is 17.4 Å². The number of carboxylic acid groups (broad SMARTS) is 1. The van der Waals surface area contributed by atoms with Crippen LogP contribution < -0.4 is 11.5 Å². The van der Waals surface area contributed by atoms with Gasteiger partial charge in [-0.05, 0) is 12.3 Å². The molecule has 0 saturated carbocycles. The Kier molecular flexibility index (Phi) is 3.99. The van der Waals surface area contributed by atoms with Gasteiger partial charge in [0.15, 0.2) is 0 Å². The van der Waals surface area contributed by atoms with Crippen molar-refractivity contribution >= 4 is 5.97 Å². The van der Waals surface area contributed by atoms with E-state index in [0.717, 1.165) is 0 Å². The van der Waals surface area contributed by atoms with E-state index in [1.54, 1.807) is 0 Å². The van der Waals surface area contributed by atoms with Crippen molar-refractivity contribution < 1.29 is 9.90 Å². The lowest BCUT2D eigenvalue weighted by Crippen LogP contribution is -2.37. The van der Waals surface area contributed by atoms with E-state index in [0.29, 0.717) is 6.42 Å². The molecule has 0 radical (unpaired) electrons. The van der Waals surface area contributed by atoms with Crippen LogP contribution in [0.5, 0.6) is 0 Å². The van der Waals surface area contributed by atoms with Crippen LogP contribution in [0, 0.1) is 5.92 Å². The van der Waals surface area contributed by atoms with Crippen molar-refractivity contribution in [3.63, 3.8) is 0 Å². The Morgan fingerprint density at radius 3 is 2.40 bits per heavy atom. The number of aliphatic carboxylic acids is 1. The van der Waals surface area contributed by atoms with E-state index >= 15 is 0 Å². The SMILES string of the molecule is CC(CCC(=O)O)C(N)N. The van der Waals surface area contributed by atoms with Crippen LogP contribution in [0.15, 0.2) is 0 Å². The summed E-state index contributed by atoms with van der Waals surface area (Å²) in [6.07, 6.45) is 0.290. The molecule has 0 saturated heterocycles. The Hall–Kier alpha value is -0.610. The van der Waals surface area contributed by atoms with E-state index < -0.39 is 12.1 Å². The van der Waals surface area contributed by atoms with Crippen molar-refractivity contribution in [1.82, 2.24) is 0 Å². The lowest BCUT2D eigenvalue weighted by atomic mass is 10.0. The topological polar surface area (TPSA) is 89.3 Å². The first-order valence-corrected chi connectivity index (χ1v) is 3.27. The maximum Gasteiger partial charge on any atom is 0.303 e. The molecule has 0 aromatic rings. The standard InChI is InChI=1S/C6H14N2O2/c1-4(6(7)8)2-3-5(9)10/h4,6H,2-3,7-8H2,1H3,(H,9,10). The number of hydrogen-bond acceptors (Lipinski definition) is 3. The maximum atomic E-state index is 10.0. The predicted octanol–water partition coefficient (Wildman–Crippen LogP) is -0.269.